The molecule has 1 heterocycles. The van der Waals surface area contributed by atoms with Gasteiger partial charge in [0, 0.05) is 18.5 Å². The lowest BCUT2D eigenvalue weighted by molar-refractivity contribution is -0.119. The third kappa shape index (κ3) is 4.59. The quantitative estimate of drug-likeness (QED) is 0.472. The maximum Gasteiger partial charge on any atom is 0.230 e. The number of thioether (sulfide) groups is 1. The average Bonchev–Trinajstić information content (AvgIpc) is 3.34. The third-order valence-corrected chi connectivity index (χ3v) is 5.52. The minimum Gasteiger partial charge on any atom is -0.353 e. The van der Waals surface area contributed by atoms with Crippen LogP contribution in [0.2, 0.25) is 0 Å². The molecule has 1 aromatic rings. The van der Waals surface area contributed by atoms with Crippen LogP contribution in [0, 0.1) is 0 Å². The summed E-state index contributed by atoms with van der Waals surface area (Å²) < 4.78 is 2.11. The lowest BCUT2D eigenvalue weighted by Crippen LogP contribution is -2.35. The Balaban J connectivity index is 1.53. The van der Waals surface area contributed by atoms with E-state index in [1.807, 2.05) is 6.08 Å². The normalized spacial score (nSPS) is 19.3. The van der Waals surface area contributed by atoms with E-state index in [1.54, 1.807) is 0 Å². The Morgan fingerprint density at radius 1 is 1.22 bits per heavy atom. The molecule has 0 bridgehead atoms. The van der Waals surface area contributed by atoms with E-state index in [9.17, 15) is 4.79 Å². The van der Waals surface area contributed by atoms with Crippen LogP contribution in [0.5, 0.6) is 0 Å². The fourth-order valence-electron chi connectivity index (χ4n) is 3.17. The highest BCUT2D eigenvalue weighted by molar-refractivity contribution is 7.99. The Morgan fingerprint density at radius 2 is 1.96 bits per heavy atom. The summed E-state index contributed by atoms with van der Waals surface area (Å²) in [7, 11) is 0. The maximum atomic E-state index is 12.2. The van der Waals surface area contributed by atoms with E-state index in [0.29, 0.717) is 24.3 Å². The second-order valence-corrected chi connectivity index (χ2v) is 7.50. The van der Waals surface area contributed by atoms with Crippen molar-refractivity contribution in [3.63, 3.8) is 0 Å². The molecule has 1 amide bonds. The summed E-state index contributed by atoms with van der Waals surface area (Å²) in [6, 6.07) is 0.360. The molecular formula is C17H26N4OS. The number of nitrogens with zero attached hydrogens (tertiary/aromatic N) is 3. The van der Waals surface area contributed by atoms with Crippen molar-refractivity contribution in [2.45, 2.75) is 75.0 Å². The summed E-state index contributed by atoms with van der Waals surface area (Å²) in [6.45, 7) is 4.53. The number of carbonyl (C=O) groups excluding carboxylic acids is 1. The van der Waals surface area contributed by atoms with Gasteiger partial charge in [0.2, 0.25) is 5.91 Å². The number of hydrogen-bond acceptors (Lipinski definition) is 4. The summed E-state index contributed by atoms with van der Waals surface area (Å²) in [6.07, 6.45) is 11.6. The molecule has 0 saturated heterocycles. The van der Waals surface area contributed by atoms with Gasteiger partial charge in [0.25, 0.3) is 0 Å². The zero-order chi connectivity index (χ0) is 16.1. The Hall–Kier alpha value is -1.30. The Bertz CT molecular complexity index is 545. The monoisotopic (exact) mass is 334 g/mol. The molecule has 0 atom stereocenters. The Kier molecular flexibility index (Phi) is 5.75. The summed E-state index contributed by atoms with van der Waals surface area (Å²) in [5.41, 5.74) is 0. The van der Waals surface area contributed by atoms with Gasteiger partial charge in [-0.3, -0.25) is 4.79 Å². The van der Waals surface area contributed by atoms with Crippen LogP contribution in [0.25, 0.3) is 0 Å². The van der Waals surface area contributed by atoms with Crippen molar-refractivity contribution in [3.05, 3.63) is 18.5 Å². The smallest absolute Gasteiger partial charge is 0.230 e. The van der Waals surface area contributed by atoms with Gasteiger partial charge in [-0.2, -0.15) is 0 Å². The van der Waals surface area contributed by atoms with E-state index in [2.05, 4.69) is 26.7 Å². The van der Waals surface area contributed by atoms with Gasteiger partial charge in [0.05, 0.1) is 5.75 Å². The van der Waals surface area contributed by atoms with E-state index in [4.69, 9.17) is 0 Å². The van der Waals surface area contributed by atoms with E-state index in [0.717, 1.165) is 23.8 Å². The second kappa shape index (κ2) is 7.99. The van der Waals surface area contributed by atoms with Crippen molar-refractivity contribution in [2.24, 2.45) is 0 Å². The van der Waals surface area contributed by atoms with Crippen LogP contribution >= 0.6 is 11.8 Å². The SMILES string of the molecule is C=CCn1c(SCC(=O)NC2CCCCCC2)nnc1C1CC1. The zero-order valence-corrected chi connectivity index (χ0v) is 14.5. The molecule has 1 aromatic heterocycles. The average molecular weight is 334 g/mol. The molecule has 2 fully saturated rings. The maximum absolute atomic E-state index is 12.2. The highest BCUT2D eigenvalue weighted by Gasteiger charge is 2.30. The molecule has 2 saturated carbocycles. The topological polar surface area (TPSA) is 59.8 Å². The van der Waals surface area contributed by atoms with E-state index in [1.165, 1.54) is 50.3 Å². The Labute approximate surface area is 142 Å². The minimum atomic E-state index is 0.114. The van der Waals surface area contributed by atoms with Gasteiger partial charge < -0.3 is 9.88 Å². The number of carbonyl (C=O) groups is 1. The molecule has 126 valence electrons. The fraction of sp³-hybridized carbons (Fsp3) is 0.706. The number of allylic oxidation sites excluding steroid dienone is 1. The van der Waals surface area contributed by atoms with E-state index in [-0.39, 0.29) is 5.91 Å². The lowest BCUT2D eigenvalue weighted by atomic mass is 10.1. The van der Waals surface area contributed by atoms with Crippen molar-refractivity contribution in [3.8, 4) is 0 Å². The third-order valence-electron chi connectivity index (χ3n) is 4.55. The van der Waals surface area contributed by atoms with Crippen LogP contribution in [-0.2, 0) is 11.3 Å². The highest BCUT2D eigenvalue weighted by atomic mass is 32.2. The molecule has 2 aliphatic rings. The van der Waals surface area contributed by atoms with Gasteiger partial charge in [-0.1, -0.05) is 43.5 Å². The van der Waals surface area contributed by atoms with Gasteiger partial charge in [-0.25, -0.2) is 0 Å². The van der Waals surface area contributed by atoms with Gasteiger partial charge in [-0.05, 0) is 25.7 Å². The molecule has 0 aromatic carbocycles. The number of nitrogens with one attached hydrogen (secondary N) is 1. The van der Waals surface area contributed by atoms with Crippen LogP contribution in [0.15, 0.2) is 17.8 Å². The van der Waals surface area contributed by atoms with Crippen molar-refractivity contribution in [1.82, 2.24) is 20.1 Å². The van der Waals surface area contributed by atoms with Gasteiger partial charge in [-0.15, -0.1) is 16.8 Å². The molecule has 6 heteroatoms. The highest BCUT2D eigenvalue weighted by Crippen LogP contribution is 2.40. The van der Waals surface area contributed by atoms with E-state index >= 15 is 0 Å². The summed E-state index contributed by atoms with van der Waals surface area (Å²) in [5, 5.41) is 12.6. The van der Waals surface area contributed by atoms with Crippen molar-refractivity contribution >= 4 is 17.7 Å². The van der Waals surface area contributed by atoms with Crippen molar-refractivity contribution in [1.29, 1.82) is 0 Å². The van der Waals surface area contributed by atoms with E-state index < -0.39 is 0 Å². The number of amides is 1. The first kappa shape index (κ1) is 16.6. The van der Waals surface area contributed by atoms with Crippen LogP contribution in [0.1, 0.15) is 63.1 Å². The van der Waals surface area contributed by atoms with Crippen LogP contribution in [-0.4, -0.2) is 32.5 Å². The lowest BCUT2D eigenvalue weighted by Gasteiger charge is -2.16. The molecular weight excluding hydrogens is 308 g/mol. The molecule has 5 nitrogen and oxygen atoms in total. The zero-order valence-electron chi connectivity index (χ0n) is 13.7. The van der Waals surface area contributed by atoms with Crippen LogP contribution < -0.4 is 5.32 Å². The van der Waals surface area contributed by atoms with Crippen LogP contribution in [0.4, 0.5) is 0 Å². The molecule has 0 spiro atoms. The molecule has 0 radical (unpaired) electrons. The summed E-state index contributed by atoms with van der Waals surface area (Å²) >= 11 is 1.48. The number of aromatic nitrogens is 3. The second-order valence-electron chi connectivity index (χ2n) is 6.56. The van der Waals surface area contributed by atoms with Crippen molar-refractivity contribution in [2.75, 3.05) is 5.75 Å². The first-order chi connectivity index (χ1) is 11.3. The predicted molar refractivity (Wildman–Crippen MR) is 92.6 cm³/mol. The first-order valence-corrected chi connectivity index (χ1v) is 9.72. The van der Waals surface area contributed by atoms with Gasteiger partial charge in [0.15, 0.2) is 5.16 Å². The minimum absolute atomic E-state index is 0.114. The van der Waals surface area contributed by atoms with Gasteiger partial charge in [0.1, 0.15) is 5.82 Å². The molecule has 0 unspecified atom stereocenters. The number of rotatable bonds is 7. The molecule has 2 aliphatic carbocycles. The van der Waals surface area contributed by atoms with Crippen molar-refractivity contribution < 1.29 is 4.79 Å². The molecule has 23 heavy (non-hydrogen) atoms. The number of hydrogen-bond donors (Lipinski definition) is 1. The summed E-state index contributed by atoms with van der Waals surface area (Å²) in [4.78, 5) is 12.2. The predicted octanol–water partition coefficient (Wildman–Crippen LogP) is 3.27. The fourth-order valence-corrected chi connectivity index (χ4v) is 3.94. The first-order valence-electron chi connectivity index (χ1n) is 8.74. The molecule has 1 N–H and O–H groups in total. The molecule has 0 aliphatic heterocycles. The molecule has 3 rings (SSSR count). The van der Waals surface area contributed by atoms with Crippen LogP contribution in [0.3, 0.4) is 0 Å². The Morgan fingerprint density at radius 3 is 2.61 bits per heavy atom. The summed E-state index contributed by atoms with van der Waals surface area (Å²) in [5.74, 6) is 2.13. The largest absolute Gasteiger partial charge is 0.353 e. The standard InChI is InChI=1S/C17H26N4OS/c1-2-11-21-16(13-9-10-13)19-20-17(21)23-12-15(22)18-14-7-5-3-4-6-8-14/h2,13-14H,1,3-12H2,(H,18,22). The van der Waals surface area contributed by atoms with Gasteiger partial charge >= 0.3 is 0 Å².